The van der Waals surface area contributed by atoms with Crippen molar-refractivity contribution >= 4 is 19.7 Å². The molecule has 0 aromatic carbocycles. The summed E-state index contributed by atoms with van der Waals surface area (Å²) in [5, 5.41) is 3.09. The Morgan fingerprint density at radius 2 is 0.644 bits per heavy atom. The van der Waals surface area contributed by atoms with Gasteiger partial charge in [0.2, 0.25) is 5.91 Å². The van der Waals surface area contributed by atoms with Gasteiger partial charge in [0.15, 0.2) is 0 Å². The summed E-state index contributed by atoms with van der Waals surface area (Å²) in [5.41, 5.74) is 0. The number of likely N-dealkylation sites (N-methyl/N-ethyl adjacent to an activating group) is 1. The molecule has 1 amide bonds. The molecule has 0 fully saturated rings. The van der Waals surface area contributed by atoms with Gasteiger partial charge >= 0.3 is 13.8 Å². The van der Waals surface area contributed by atoms with E-state index in [1.165, 1.54) is 321 Å². The van der Waals surface area contributed by atoms with Crippen molar-refractivity contribution in [2.24, 2.45) is 0 Å². The van der Waals surface area contributed by atoms with Crippen LogP contribution in [0.5, 0.6) is 0 Å². The van der Waals surface area contributed by atoms with Crippen LogP contribution in [0.3, 0.4) is 0 Å². The van der Waals surface area contributed by atoms with E-state index in [2.05, 4.69) is 56.5 Å². The van der Waals surface area contributed by atoms with Crippen LogP contribution in [0, 0.1) is 0 Å². The summed E-state index contributed by atoms with van der Waals surface area (Å²) in [6.45, 7) is 7.08. The van der Waals surface area contributed by atoms with Crippen molar-refractivity contribution in [2.75, 3.05) is 40.9 Å². The summed E-state index contributed by atoms with van der Waals surface area (Å²) >= 11 is 0. The number of esters is 1. The Balaban J connectivity index is 4.89. The van der Waals surface area contributed by atoms with E-state index in [-0.39, 0.29) is 25.1 Å². The average Bonchev–Trinajstić information content (AvgIpc) is 3.12. The molecule has 9 nitrogen and oxygen atoms in total. The lowest BCUT2D eigenvalue weighted by atomic mass is 10.0. The fourth-order valence-corrected chi connectivity index (χ4v) is 12.9. The molecule has 0 aliphatic heterocycles. The zero-order chi connectivity index (χ0) is 65.6. The Hall–Kier alpha value is -1.77. The lowest BCUT2D eigenvalue weighted by Gasteiger charge is -2.27. The summed E-state index contributed by atoms with van der Waals surface area (Å²) in [5.74, 6) is -0.480. The van der Waals surface area contributed by atoms with Crippen molar-refractivity contribution in [1.29, 1.82) is 0 Å². The Bertz CT molecular complexity index is 1630. The maximum atomic E-state index is 13.7. The molecule has 0 aromatic rings. The molecule has 0 aliphatic rings. The van der Waals surface area contributed by atoms with Crippen molar-refractivity contribution in [3.8, 4) is 0 Å². The molecule has 0 radical (unpaired) electrons. The number of unbranched alkanes of at least 4 members (excludes halogenated alkanes) is 54. The van der Waals surface area contributed by atoms with E-state index < -0.39 is 20.0 Å². The van der Waals surface area contributed by atoms with E-state index in [1.54, 1.807) is 0 Å². The van der Waals surface area contributed by atoms with Crippen molar-refractivity contribution in [3.63, 3.8) is 0 Å². The quantitative estimate of drug-likeness (QED) is 0.0205. The number of amides is 1. The molecule has 0 bridgehead atoms. The van der Waals surface area contributed by atoms with Crippen LogP contribution in [-0.2, 0) is 27.9 Å². The lowest BCUT2D eigenvalue weighted by molar-refractivity contribution is -0.870. The number of phosphoric acid groups is 1. The van der Waals surface area contributed by atoms with Gasteiger partial charge in [-0.3, -0.25) is 18.6 Å². The normalized spacial score (nSPS) is 13.5. The van der Waals surface area contributed by atoms with Crippen LogP contribution in [0.2, 0.25) is 0 Å². The van der Waals surface area contributed by atoms with Gasteiger partial charge in [-0.25, -0.2) is 4.57 Å². The topological polar surface area (TPSA) is 111 Å². The molecule has 10 heteroatoms. The molecule has 0 rings (SSSR count). The van der Waals surface area contributed by atoms with Gasteiger partial charge in [0.25, 0.3) is 0 Å². The van der Waals surface area contributed by atoms with Crippen LogP contribution in [0.4, 0.5) is 0 Å². The predicted octanol–water partition coefficient (Wildman–Crippen LogP) is 25.7. The number of hydrogen-bond acceptors (Lipinski definition) is 6. The Labute approximate surface area is 561 Å². The second-order valence-electron chi connectivity index (χ2n) is 28.6. The van der Waals surface area contributed by atoms with Gasteiger partial charge in [-0.2, -0.15) is 0 Å². The first-order chi connectivity index (χ1) is 43.9. The number of nitrogens with one attached hydrogen (secondary N) is 1. The van der Waals surface area contributed by atoms with Crippen molar-refractivity contribution < 1.29 is 37.3 Å². The number of carbonyl (C=O) groups is 2. The Morgan fingerprint density at radius 3 is 0.944 bits per heavy atom. The smallest absolute Gasteiger partial charge is 0.456 e. The summed E-state index contributed by atoms with van der Waals surface area (Å²) < 4.78 is 30.9. The van der Waals surface area contributed by atoms with Gasteiger partial charge in [0, 0.05) is 12.8 Å². The molecule has 2 N–H and O–H groups in total. The minimum atomic E-state index is -4.45. The van der Waals surface area contributed by atoms with E-state index in [9.17, 15) is 19.0 Å². The minimum absolute atomic E-state index is 0.0438. The van der Waals surface area contributed by atoms with Crippen molar-refractivity contribution in [2.45, 2.75) is 425 Å². The maximum absolute atomic E-state index is 13.7. The van der Waals surface area contributed by atoms with E-state index in [4.69, 9.17) is 13.8 Å². The summed E-state index contributed by atoms with van der Waals surface area (Å²) in [6.07, 6.45) is 89.0. The first-order valence-electron chi connectivity index (χ1n) is 39.8. The van der Waals surface area contributed by atoms with Crippen LogP contribution >= 0.6 is 7.82 Å². The number of ether oxygens (including phenoxy) is 1. The SMILES string of the molecule is CCCCCCCC/C=C/CCCCCCCCCCCCCCCCCCCC(=O)OC(/C=C/CCCCCCCCCCCC)C(COP(=O)(O)OCC[N+](C)(C)C)NC(=O)CCCCCCCCCCCCCCCCC/C=C/CCCCCCCC. The van der Waals surface area contributed by atoms with Gasteiger partial charge in [-0.15, -0.1) is 0 Å². The fraction of sp³-hybridized carbons (Fsp3) is 0.900. The zero-order valence-corrected chi connectivity index (χ0v) is 62.1. The molecular formula is C80H156N2O7P+. The largest absolute Gasteiger partial charge is 0.472 e. The van der Waals surface area contributed by atoms with E-state index >= 15 is 0 Å². The van der Waals surface area contributed by atoms with E-state index in [1.807, 2.05) is 27.2 Å². The van der Waals surface area contributed by atoms with Crippen molar-refractivity contribution in [1.82, 2.24) is 5.32 Å². The molecular weight excluding hydrogens is 1130 g/mol. The molecule has 0 saturated heterocycles. The third-order valence-electron chi connectivity index (χ3n) is 18.3. The number of carbonyl (C=O) groups excluding carboxylic acids is 2. The van der Waals surface area contributed by atoms with Gasteiger partial charge in [0.1, 0.15) is 19.3 Å². The minimum Gasteiger partial charge on any atom is -0.456 e. The Morgan fingerprint density at radius 1 is 0.378 bits per heavy atom. The second-order valence-corrected chi connectivity index (χ2v) is 30.0. The predicted molar refractivity (Wildman–Crippen MR) is 393 cm³/mol. The fourth-order valence-electron chi connectivity index (χ4n) is 12.2. The molecule has 3 atom stereocenters. The summed E-state index contributed by atoms with van der Waals surface area (Å²) in [6, 6.07) is -0.846. The molecule has 532 valence electrons. The van der Waals surface area contributed by atoms with Crippen LogP contribution in [0.1, 0.15) is 412 Å². The first-order valence-corrected chi connectivity index (χ1v) is 41.3. The zero-order valence-electron chi connectivity index (χ0n) is 61.2. The lowest BCUT2D eigenvalue weighted by Crippen LogP contribution is -2.47. The number of hydrogen-bond donors (Lipinski definition) is 2. The van der Waals surface area contributed by atoms with Gasteiger partial charge in [-0.1, -0.05) is 353 Å². The second kappa shape index (κ2) is 70.0. The summed E-state index contributed by atoms with van der Waals surface area (Å²) in [4.78, 5) is 38.0. The number of allylic oxidation sites excluding steroid dienone is 5. The van der Waals surface area contributed by atoms with Gasteiger partial charge in [0.05, 0.1) is 33.8 Å². The standard InChI is InChI=1S/C80H155N2O7P/c1-7-10-13-16-19-22-25-28-30-32-34-36-38-40-41-43-45-47-49-51-53-55-58-61-64-67-70-73-80(84)89-78(71-68-65-62-59-56-27-24-21-18-15-12-9-3)77(76-88-90(85,86)87-75-74-82(4,5)6)81-79(83)72-69-66-63-60-57-54-52-50-48-46-44-42-39-37-35-33-31-29-26-23-20-17-14-11-8-2/h28-31,68,71,77-78H,7-27,32-67,69-70,72-76H2,1-6H3,(H-,81,83,85,86)/p+1/b30-28+,31-29+,71-68+. The van der Waals surface area contributed by atoms with E-state index in [0.29, 0.717) is 23.9 Å². The maximum Gasteiger partial charge on any atom is 0.472 e. The average molecular weight is 1290 g/mol. The Kier molecular flexibility index (Phi) is 68.7. The monoisotopic (exact) mass is 1290 g/mol. The van der Waals surface area contributed by atoms with E-state index in [0.717, 1.165) is 57.8 Å². The van der Waals surface area contributed by atoms with Crippen LogP contribution in [0.15, 0.2) is 36.5 Å². The molecule has 0 spiro atoms. The first kappa shape index (κ1) is 88.2. The third-order valence-corrected chi connectivity index (χ3v) is 19.3. The van der Waals surface area contributed by atoms with Crippen molar-refractivity contribution in [3.05, 3.63) is 36.5 Å². The molecule has 0 aromatic heterocycles. The molecule has 90 heavy (non-hydrogen) atoms. The number of phosphoric ester groups is 1. The third kappa shape index (κ3) is 70.5. The van der Waals surface area contributed by atoms with Crippen LogP contribution in [0.25, 0.3) is 0 Å². The van der Waals surface area contributed by atoms with Crippen LogP contribution in [-0.4, -0.2) is 74.3 Å². The molecule has 0 aliphatic carbocycles. The highest BCUT2D eigenvalue weighted by Gasteiger charge is 2.30. The number of quaternary nitrogens is 1. The number of nitrogens with zero attached hydrogens (tertiary/aromatic N) is 1. The molecule has 0 heterocycles. The van der Waals surface area contributed by atoms with Gasteiger partial charge in [-0.05, 0) is 83.1 Å². The molecule has 3 unspecified atom stereocenters. The highest BCUT2D eigenvalue weighted by atomic mass is 31.2. The van der Waals surface area contributed by atoms with Gasteiger partial charge < -0.3 is 19.4 Å². The molecule has 0 saturated carbocycles. The van der Waals surface area contributed by atoms with Crippen LogP contribution < -0.4 is 5.32 Å². The highest BCUT2D eigenvalue weighted by molar-refractivity contribution is 7.47. The highest BCUT2D eigenvalue weighted by Crippen LogP contribution is 2.43. The summed E-state index contributed by atoms with van der Waals surface area (Å²) in [7, 11) is 1.52. The number of rotatable bonds is 74.